The molecule has 1 unspecified atom stereocenters. The number of hydrogen-bond acceptors (Lipinski definition) is 1. The van der Waals surface area contributed by atoms with Crippen molar-refractivity contribution in [1.82, 2.24) is 0 Å². The predicted octanol–water partition coefficient (Wildman–Crippen LogP) is 4.45. The van der Waals surface area contributed by atoms with Crippen molar-refractivity contribution in [2.45, 2.75) is 19.4 Å². The van der Waals surface area contributed by atoms with Gasteiger partial charge in [-0.15, -0.1) is 0 Å². The minimum atomic E-state index is -1.12. The Balaban J connectivity index is 2.25. The first-order chi connectivity index (χ1) is 9.38. The molecule has 0 saturated heterocycles. The topological polar surface area (TPSA) is 20.2 Å². The molecular weight excluding hydrogens is 333 g/mol. The molecule has 1 nitrogen and oxygen atoms in total. The van der Waals surface area contributed by atoms with Gasteiger partial charge in [-0.1, -0.05) is 6.07 Å². The number of aliphatic hydroxyl groups is 1. The maximum Gasteiger partial charge on any atom is 0.137 e. The Bertz CT molecular complexity index is 643. The fourth-order valence-electron chi connectivity index (χ4n) is 1.93. The van der Waals surface area contributed by atoms with Crippen LogP contribution in [-0.2, 0) is 6.42 Å². The second-order valence-corrected chi connectivity index (χ2v) is 5.45. The van der Waals surface area contributed by atoms with Gasteiger partial charge in [0.15, 0.2) is 0 Å². The summed E-state index contributed by atoms with van der Waals surface area (Å²) in [6.07, 6.45) is -1.01. The van der Waals surface area contributed by atoms with Gasteiger partial charge in [-0.3, -0.25) is 0 Å². The van der Waals surface area contributed by atoms with Crippen molar-refractivity contribution in [3.05, 3.63) is 68.9 Å². The summed E-state index contributed by atoms with van der Waals surface area (Å²) in [6, 6.07) is 6.34. The molecule has 0 bridgehead atoms. The number of aryl methyl sites for hydroxylation is 1. The van der Waals surface area contributed by atoms with Crippen LogP contribution in [0.25, 0.3) is 0 Å². The first-order valence-electron chi connectivity index (χ1n) is 5.96. The number of hydrogen-bond donors (Lipinski definition) is 1. The van der Waals surface area contributed by atoms with Gasteiger partial charge < -0.3 is 5.11 Å². The molecule has 1 N–H and O–H groups in total. The average molecular weight is 345 g/mol. The molecule has 20 heavy (non-hydrogen) atoms. The summed E-state index contributed by atoms with van der Waals surface area (Å²) < 4.78 is 40.2. The van der Waals surface area contributed by atoms with Gasteiger partial charge in [0, 0.05) is 18.1 Å². The van der Waals surface area contributed by atoms with Crippen LogP contribution >= 0.6 is 15.9 Å². The molecule has 0 amide bonds. The van der Waals surface area contributed by atoms with Crippen molar-refractivity contribution in [1.29, 1.82) is 0 Å². The van der Waals surface area contributed by atoms with E-state index in [0.29, 0.717) is 5.56 Å². The molecule has 0 spiro atoms. The zero-order valence-corrected chi connectivity index (χ0v) is 12.2. The fourth-order valence-corrected chi connectivity index (χ4v) is 2.36. The van der Waals surface area contributed by atoms with Crippen molar-refractivity contribution < 1.29 is 18.3 Å². The van der Waals surface area contributed by atoms with Gasteiger partial charge in [0.25, 0.3) is 0 Å². The van der Waals surface area contributed by atoms with Crippen LogP contribution in [0.4, 0.5) is 13.2 Å². The Labute approximate surface area is 123 Å². The molecule has 0 radical (unpaired) electrons. The lowest BCUT2D eigenvalue weighted by molar-refractivity contribution is 0.173. The van der Waals surface area contributed by atoms with Crippen LogP contribution < -0.4 is 0 Å². The van der Waals surface area contributed by atoms with E-state index >= 15 is 0 Å². The summed E-state index contributed by atoms with van der Waals surface area (Å²) in [6.45, 7) is 1.50. The van der Waals surface area contributed by atoms with Gasteiger partial charge in [-0.2, -0.15) is 0 Å². The molecule has 106 valence electrons. The second-order valence-electron chi connectivity index (χ2n) is 4.59. The minimum absolute atomic E-state index is 0.0318. The van der Waals surface area contributed by atoms with E-state index in [9.17, 15) is 18.3 Å². The maximum absolute atomic E-state index is 13.7. The molecule has 2 rings (SSSR count). The molecule has 0 fully saturated rings. The molecule has 2 aromatic carbocycles. The first kappa shape index (κ1) is 15.1. The molecule has 5 heteroatoms. The van der Waals surface area contributed by atoms with Crippen LogP contribution in [0.15, 0.2) is 34.8 Å². The molecule has 2 aromatic rings. The third-order valence-corrected chi connectivity index (χ3v) is 3.66. The number of aliphatic hydroxyl groups excluding tert-OH is 1. The maximum atomic E-state index is 13.7. The Morgan fingerprint density at radius 1 is 1.05 bits per heavy atom. The zero-order chi connectivity index (χ0) is 14.9. The first-order valence-corrected chi connectivity index (χ1v) is 6.75. The Morgan fingerprint density at radius 2 is 1.75 bits per heavy atom. The molecule has 0 saturated carbocycles. The molecule has 0 aliphatic heterocycles. The van der Waals surface area contributed by atoms with Gasteiger partial charge in [0.1, 0.15) is 17.5 Å². The van der Waals surface area contributed by atoms with Crippen LogP contribution in [0.3, 0.4) is 0 Å². The number of benzene rings is 2. The smallest absolute Gasteiger partial charge is 0.137 e. The van der Waals surface area contributed by atoms with Gasteiger partial charge >= 0.3 is 0 Å². The van der Waals surface area contributed by atoms with Crippen molar-refractivity contribution in [2.24, 2.45) is 0 Å². The molecule has 0 heterocycles. The monoisotopic (exact) mass is 344 g/mol. The van der Waals surface area contributed by atoms with E-state index in [0.717, 1.165) is 6.07 Å². The lowest BCUT2D eigenvalue weighted by Gasteiger charge is -2.13. The highest BCUT2D eigenvalue weighted by Crippen LogP contribution is 2.25. The zero-order valence-electron chi connectivity index (χ0n) is 10.6. The van der Waals surface area contributed by atoms with Gasteiger partial charge in [0.05, 0.1) is 10.6 Å². The Hall–Kier alpha value is -1.33. The number of rotatable bonds is 3. The quantitative estimate of drug-likeness (QED) is 0.871. The lowest BCUT2D eigenvalue weighted by atomic mass is 9.99. The summed E-state index contributed by atoms with van der Waals surface area (Å²) in [5.74, 6) is -1.85. The highest BCUT2D eigenvalue weighted by atomic mass is 79.9. The van der Waals surface area contributed by atoms with Crippen LogP contribution in [0.1, 0.15) is 22.8 Å². The van der Waals surface area contributed by atoms with Gasteiger partial charge in [0.2, 0.25) is 0 Å². The molecule has 0 aliphatic carbocycles. The van der Waals surface area contributed by atoms with Crippen molar-refractivity contribution >= 4 is 15.9 Å². The minimum Gasteiger partial charge on any atom is -0.388 e. The predicted molar refractivity (Wildman–Crippen MR) is 73.9 cm³/mol. The largest absolute Gasteiger partial charge is 0.388 e. The highest BCUT2D eigenvalue weighted by molar-refractivity contribution is 9.10. The van der Waals surface area contributed by atoms with E-state index in [-0.39, 0.29) is 22.0 Å². The number of halogens is 4. The van der Waals surface area contributed by atoms with Crippen LogP contribution in [0.5, 0.6) is 0 Å². The van der Waals surface area contributed by atoms with Crippen molar-refractivity contribution in [3.8, 4) is 0 Å². The lowest BCUT2D eigenvalue weighted by Crippen LogP contribution is -2.06. The Kier molecular flexibility index (Phi) is 4.50. The van der Waals surface area contributed by atoms with Crippen molar-refractivity contribution in [3.63, 3.8) is 0 Å². The molecule has 0 aliphatic rings. The van der Waals surface area contributed by atoms with E-state index in [1.54, 1.807) is 0 Å². The summed E-state index contributed by atoms with van der Waals surface area (Å²) in [5, 5.41) is 10.1. The summed E-state index contributed by atoms with van der Waals surface area (Å²) in [7, 11) is 0. The SMILES string of the molecule is Cc1cc(C(O)Cc2ccc(F)c(Br)c2)c(F)cc1F. The summed E-state index contributed by atoms with van der Waals surface area (Å²) in [5.41, 5.74) is 0.942. The van der Waals surface area contributed by atoms with E-state index < -0.39 is 23.6 Å². The normalized spacial score (nSPS) is 12.5. The second kappa shape index (κ2) is 5.97. The fraction of sp³-hybridized carbons (Fsp3) is 0.200. The van der Waals surface area contributed by atoms with Crippen molar-refractivity contribution in [2.75, 3.05) is 0 Å². The third kappa shape index (κ3) is 3.22. The van der Waals surface area contributed by atoms with Crippen LogP contribution in [-0.4, -0.2) is 5.11 Å². The van der Waals surface area contributed by atoms with E-state index in [2.05, 4.69) is 15.9 Å². The third-order valence-electron chi connectivity index (χ3n) is 3.05. The summed E-state index contributed by atoms with van der Waals surface area (Å²) in [4.78, 5) is 0. The van der Waals surface area contributed by atoms with E-state index in [4.69, 9.17) is 0 Å². The standard InChI is InChI=1S/C15H12BrF3O/c1-8-4-10(14(19)7-13(8)18)15(20)6-9-2-3-12(17)11(16)5-9/h2-5,7,15,20H,6H2,1H3. The molecule has 0 aromatic heterocycles. The molecule has 1 atom stereocenters. The van der Waals surface area contributed by atoms with Crippen LogP contribution in [0, 0.1) is 24.4 Å². The van der Waals surface area contributed by atoms with Gasteiger partial charge in [-0.05, 0) is 52.2 Å². The van der Waals surface area contributed by atoms with Gasteiger partial charge in [-0.25, -0.2) is 13.2 Å². The van der Waals surface area contributed by atoms with E-state index in [1.165, 1.54) is 31.2 Å². The van der Waals surface area contributed by atoms with Crippen LogP contribution in [0.2, 0.25) is 0 Å². The highest BCUT2D eigenvalue weighted by Gasteiger charge is 2.16. The van der Waals surface area contributed by atoms with E-state index in [1.807, 2.05) is 0 Å². The Morgan fingerprint density at radius 3 is 2.40 bits per heavy atom. The molecular formula is C15H12BrF3O. The average Bonchev–Trinajstić information content (AvgIpc) is 2.38. The summed E-state index contributed by atoms with van der Waals surface area (Å²) >= 11 is 3.05.